The first kappa shape index (κ1) is 17.4. The maximum Gasteiger partial charge on any atom is 0.160 e. The molecular weight excluding hydrogens is 316 g/mol. The third-order valence-electron chi connectivity index (χ3n) is 3.81. The lowest BCUT2D eigenvalue weighted by atomic mass is 10.1. The van der Waals surface area contributed by atoms with Gasteiger partial charge in [0.25, 0.3) is 0 Å². The van der Waals surface area contributed by atoms with E-state index >= 15 is 0 Å². The Bertz CT molecular complexity index is 523. The number of benzene rings is 1. The Morgan fingerprint density at radius 3 is 2.59 bits per heavy atom. The van der Waals surface area contributed by atoms with E-state index < -0.39 is 0 Å². The van der Waals surface area contributed by atoms with Crippen LogP contribution >= 0.6 is 24.0 Å². The van der Waals surface area contributed by atoms with Crippen molar-refractivity contribution in [3.63, 3.8) is 0 Å². The summed E-state index contributed by atoms with van der Waals surface area (Å²) < 4.78 is 11.6. The summed E-state index contributed by atoms with van der Waals surface area (Å²) in [7, 11) is 3.32. The van der Waals surface area contributed by atoms with Gasteiger partial charge in [-0.3, -0.25) is 4.90 Å². The quantitative estimate of drug-likeness (QED) is 0.738. The third kappa shape index (κ3) is 4.27. The summed E-state index contributed by atoms with van der Waals surface area (Å²) in [4.78, 5) is 4.70. The van der Waals surface area contributed by atoms with Crippen molar-refractivity contribution < 1.29 is 9.47 Å². The zero-order chi connectivity index (χ0) is 16.1. The van der Waals surface area contributed by atoms with Crippen molar-refractivity contribution in [2.75, 3.05) is 33.3 Å². The average Bonchev–Trinajstić information content (AvgIpc) is 2.53. The lowest BCUT2D eigenvalue weighted by Crippen LogP contribution is -2.48. The standard InChI is InChI=1S/C16H24N2O2S2/c1-12(2)18-10-17(16(21)22-11-18)8-7-13-5-6-14(19-3)15(9-13)20-4/h5-6,9,12H,7-8,10-11H2,1-4H3. The second kappa shape index (κ2) is 8.04. The highest BCUT2D eigenvalue weighted by Crippen LogP contribution is 2.28. The number of nitrogens with zero attached hydrogens (tertiary/aromatic N) is 2. The first-order chi connectivity index (χ1) is 10.5. The van der Waals surface area contributed by atoms with Crippen LogP contribution in [-0.2, 0) is 6.42 Å². The van der Waals surface area contributed by atoms with Gasteiger partial charge in [0.1, 0.15) is 4.32 Å². The fourth-order valence-electron chi connectivity index (χ4n) is 2.32. The van der Waals surface area contributed by atoms with E-state index in [0.717, 1.165) is 41.3 Å². The summed E-state index contributed by atoms with van der Waals surface area (Å²) in [5.41, 5.74) is 1.23. The molecule has 6 heteroatoms. The highest BCUT2D eigenvalue weighted by molar-refractivity contribution is 8.22. The zero-order valence-electron chi connectivity index (χ0n) is 13.7. The van der Waals surface area contributed by atoms with Gasteiger partial charge >= 0.3 is 0 Å². The molecule has 1 heterocycles. The fourth-order valence-corrected chi connectivity index (χ4v) is 3.62. The summed E-state index contributed by atoms with van der Waals surface area (Å²) in [5.74, 6) is 2.53. The molecule has 22 heavy (non-hydrogen) atoms. The van der Waals surface area contributed by atoms with Crippen molar-refractivity contribution in [3.8, 4) is 11.5 Å². The normalized spacial score (nSPS) is 16.2. The van der Waals surface area contributed by atoms with Gasteiger partial charge in [-0.2, -0.15) is 0 Å². The molecule has 1 aliphatic rings. The number of methoxy groups -OCH3 is 2. The number of thioether (sulfide) groups is 1. The molecule has 0 unspecified atom stereocenters. The summed E-state index contributed by atoms with van der Waals surface area (Å²) in [5, 5.41) is 0. The van der Waals surface area contributed by atoms with Gasteiger partial charge in [-0.25, -0.2) is 0 Å². The van der Waals surface area contributed by atoms with E-state index in [0.29, 0.717) is 6.04 Å². The van der Waals surface area contributed by atoms with E-state index in [1.165, 1.54) is 5.56 Å². The van der Waals surface area contributed by atoms with Crippen LogP contribution in [0.25, 0.3) is 0 Å². The molecular formula is C16H24N2O2S2. The first-order valence-corrected chi connectivity index (χ1v) is 8.81. The molecule has 1 aliphatic heterocycles. The predicted octanol–water partition coefficient (Wildman–Crippen LogP) is 3.21. The molecule has 0 saturated carbocycles. The minimum atomic E-state index is 0.541. The Morgan fingerprint density at radius 1 is 1.23 bits per heavy atom. The molecule has 0 atom stereocenters. The van der Waals surface area contributed by atoms with Gasteiger partial charge in [0.15, 0.2) is 11.5 Å². The molecule has 1 aromatic rings. The van der Waals surface area contributed by atoms with Crippen molar-refractivity contribution in [2.24, 2.45) is 0 Å². The lowest BCUT2D eigenvalue weighted by molar-refractivity contribution is 0.176. The van der Waals surface area contributed by atoms with Crippen molar-refractivity contribution in [3.05, 3.63) is 23.8 Å². The van der Waals surface area contributed by atoms with E-state index in [1.807, 2.05) is 12.1 Å². The summed E-state index contributed by atoms with van der Waals surface area (Å²) in [6, 6.07) is 6.62. The largest absolute Gasteiger partial charge is 0.493 e. The second-order valence-electron chi connectivity index (χ2n) is 5.57. The number of hydrogen-bond acceptors (Lipinski definition) is 5. The van der Waals surface area contributed by atoms with Crippen LogP contribution in [0.3, 0.4) is 0 Å². The van der Waals surface area contributed by atoms with Crippen LogP contribution in [-0.4, -0.2) is 53.5 Å². The molecule has 0 spiro atoms. The molecule has 1 fully saturated rings. The zero-order valence-corrected chi connectivity index (χ0v) is 15.3. The molecule has 4 nitrogen and oxygen atoms in total. The van der Waals surface area contributed by atoms with E-state index in [4.69, 9.17) is 21.7 Å². The van der Waals surface area contributed by atoms with Crippen molar-refractivity contribution in [2.45, 2.75) is 26.3 Å². The van der Waals surface area contributed by atoms with Crippen LogP contribution in [0.2, 0.25) is 0 Å². The van der Waals surface area contributed by atoms with Gasteiger partial charge in [-0.1, -0.05) is 30.0 Å². The highest BCUT2D eigenvalue weighted by Gasteiger charge is 2.23. The minimum Gasteiger partial charge on any atom is -0.493 e. The average molecular weight is 341 g/mol. The molecule has 0 N–H and O–H groups in total. The van der Waals surface area contributed by atoms with Gasteiger partial charge in [0.05, 0.1) is 26.8 Å². The molecule has 122 valence electrons. The Kier molecular flexibility index (Phi) is 6.35. The van der Waals surface area contributed by atoms with Crippen molar-refractivity contribution in [1.82, 2.24) is 9.80 Å². The number of rotatable bonds is 6. The second-order valence-corrected chi connectivity index (χ2v) is 7.14. The summed E-state index contributed by atoms with van der Waals surface area (Å²) in [6.45, 7) is 6.28. The van der Waals surface area contributed by atoms with Crippen molar-refractivity contribution in [1.29, 1.82) is 0 Å². The highest BCUT2D eigenvalue weighted by atomic mass is 32.2. The molecule has 0 aromatic heterocycles. The monoisotopic (exact) mass is 340 g/mol. The molecule has 1 aromatic carbocycles. The van der Waals surface area contributed by atoms with Crippen LogP contribution in [0.15, 0.2) is 18.2 Å². The molecule has 2 rings (SSSR count). The molecule has 0 aliphatic carbocycles. The van der Waals surface area contributed by atoms with Gasteiger partial charge < -0.3 is 14.4 Å². The van der Waals surface area contributed by atoms with Crippen LogP contribution < -0.4 is 9.47 Å². The van der Waals surface area contributed by atoms with Crippen molar-refractivity contribution >= 4 is 28.3 Å². The Hall–Kier alpha value is -0.980. The predicted molar refractivity (Wildman–Crippen MR) is 96.9 cm³/mol. The lowest BCUT2D eigenvalue weighted by Gasteiger charge is -2.38. The number of ether oxygens (including phenoxy) is 2. The Balaban J connectivity index is 1.98. The third-order valence-corrected chi connectivity index (χ3v) is 5.39. The van der Waals surface area contributed by atoms with Crippen LogP contribution in [0.5, 0.6) is 11.5 Å². The smallest absolute Gasteiger partial charge is 0.160 e. The van der Waals surface area contributed by atoms with Crippen LogP contribution in [0.1, 0.15) is 19.4 Å². The maximum absolute atomic E-state index is 5.49. The Labute approximate surface area is 142 Å². The van der Waals surface area contributed by atoms with E-state index in [-0.39, 0.29) is 0 Å². The van der Waals surface area contributed by atoms with Gasteiger partial charge in [-0.05, 0) is 38.0 Å². The van der Waals surface area contributed by atoms with Gasteiger partial charge in [-0.15, -0.1) is 0 Å². The Morgan fingerprint density at radius 2 is 1.95 bits per heavy atom. The SMILES string of the molecule is COc1ccc(CCN2CN(C(C)C)CSC2=S)cc1OC. The first-order valence-electron chi connectivity index (χ1n) is 7.41. The summed E-state index contributed by atoms with van der Waals surface area (Å²) in [6.07, 6.45) is 0.937. The number of thiocarbonyl (C=S) groups is 1. The van der Waals surface area contributed by atoms with Gasteiger partial charge in [0.2, 0.25) is 0 Å². The van der Waals surface area contributed by atoms with E-state index in [2.05, 4.69) is 29.7 Å². The van der Waals surface area contributed by atoms with Gasteiger partial charge in [0, 0.05) is 12.6 Å². The van der Waals surface area contributed by atoms with E-state index in [9.17, 15) is 0 Å². The fraction of sp³-hybridized carbons (Fsp3) is 0.562. The molecule has 0 bridgehead atoms. The summed E-state index contributed by atoms with van der Waals surface area (Å²) >= 11 is 7.24. The molecule has 0 radical (unpaired) electrons. The topological polar surface area (TPSA) is 24.9 Å². The maximum atomic E-state index is 5.49. The molecule has 1 saturated heterocycles. The van der Waals surface area contributed by atoms with Crippen LogP contribution in [0, 0.1) is 0 Å². The van der Waals surface area contributed by atoms with Crippen LogP contribution in [0.4, 0.5) is 0 Å². The minimum absolute atomic E-state index is 0.541. The number of hydrogen-bond donors (Lipinski definition) is 0. The molecule has 0 amide bonds. The van der Waals surface area contributed by atoms with E-state index in [1.54, 1.807) is 26.0 Å².